The first-order valence-corrected chi connectivity index (χ1v) is 8.15. The Balaban J connectivity index is 2.81. The summed E-state index contributed by atoms with van der Waals surface area (Å²) < 4.78 is 26.9. The fraction of sp³-hybridized carbons (Fsp3) is 0.417. The van der Waals surface area contributed by atoms with Crippen molar-refractivity contribution in [2.45, 2.75) is 26.7 Å². The quantitative estimate of drug-likeness (QED) is 0.826. The molecule has 2 N–H and O–H groups in total. The topological polar surface area (TPSA) is 83.5 Å². The lowest BCUT2D eigenvalue weighted by Gasteiger charge is -2.13. The van der Waals surface area contributed by atoms with Gasteiger partial charge in [-0.1, -0.05) is 6.07 Å². The Hall–Kier alpha value is -1.08. The van der Waals surface area contributed by atoms with Gasteiger partial charge in [-0.15, -0.1) is 0 Å². The van der Waals surface area contributed by atoms with Crippen LogP contribution in [0.1, 0.15) is 24.0 Å². The van der Waals surface area contributed by atoms with Crippen LogP contribution in [0.2, 0.25) is 0 Å². The van der Waals surface area contributed by atoms with E-state index in [0.717, 1.165) is 11.1 Å². The average Bonchev–Trinajstić information content (AvgIpc) is 2.22. The highest BCUT2D eigenvalue weighted by atomic mass is 79.9. The molecule has 0 aliphatic heterocycles. The summed E-state index contributed by atoms with van der Waals surface area (Å²) in [5, 5.41) is 8.50. The normalized spacial score (nSPS) is 11.3. The van der Waals surface area contributed by atoms with Gasteiger partial charge in [0.05, 0.1) is 11.4 Å². The zero-order valence-electron chi connectivity index (χ0n) is 10.7. The van der Waals surface area contributed by atoms with Crippen LogP contribution in [0, 0.1) is 13.8 Å². The third-order valence-electron chi connectivity index (χ3n) is 2.49. The van der Waals surface area contributed by atoms with E-state index in [1.165, 1.54) is 0 Å². The molecule has 0 heterocycles. The van der Waals surface area contributed by atoms with E-state index in [-0.39, 0.29) is 18.6 Å². The van der Waals surface area contributed by atoms with Gasteiger partial charge in [-0.3, -0.25) is 9.52 Å². The van der Waals surface area contributed by atoms with Crippen LogP contribution in [0.25, 0.3) is 0 Å². The number of hydrogen-bond acceptors (Lipinski definition) is 3. The Bertz CT molecular complexity index is 560. The van der Waals surface area contributed by atoms with Crippen molar-refractivity contribution in [1.29, 1.82) is 0 Å². The highest BCUT2D eigenvalue weighted by Crippen LogP contribution is 2.28. The smallest absolute Gasteiger partial charge is 0.303 e. The van der Waals surface area contributed by atoms with Crippen molar-refractivity contribution in [3.8, 4) is 0 Å². The maximum Gasteiger partial charge on any atom is 0.303 e. The van der Waals surface area contributed by atoms with Crippen LogP contribution in [0.5, 0.6) is 0 Å². The fourth-order valence-electron chi connectivity index (χ4n) is 1.66. The molecule has 1 aromatic rings. The predicted molar refractivity (Wildman–Crippen MR) is 77.9 cm³/mol. The lowest BCUT2D eigenvalue weighted by molar-refractivity contribution is -0.137. The molecule has 5 nitrogen and oxygen atoms in total. The summed E-state index contributed by atoms with van der Waals surface area (Å²) in [7, 11) is -3.53. The molecule has 0 aliphatic carbocycles. The molecule has 1 aromatic carbocycles. The number of rotatable bonds is 6. The lowest BCUT2D eigenvalue weighted by Crippen LogP contribution is -2.18. The first-order valence-electron chi connectivity index (χ1n) is 5.70. The third-order valence-corrected chi connectivity index (χ3v) is 4.46. The molecule has 0 atom stereocenters. The summed E-state index contributed by atoms with van der Waals surface area (Å²) in [6.45, 7) is 3.73. The Morgan fingerprint density at radius 2 is 2.00 bits per heavy atom. The minimum Gasteiger partial charge on any atom is -0.481 e. The molecule has 0 amide bonds. The van der Waals surface area contributed by atoms with Crippen LogP contribution < -0.4 is 4.72 Å². The van der Waals surface area contributed by atoms with Crippen LogP contribution in [0.3, 0.4) is 0 Å². The summed E-state index contributed by atoms with van der Waals surface area (Å²) in [5.74, 6) is -1.21. The third kappa shape index (κ3) is 5.20. The van der Waals surface area contributed by atoms with Gasteiger partial charge in [0.1, 0.15) is 0 Å². The second kappa shape index (κ2) is 6.38. The van der Waals surface area contributed by atoms with Gasteiger partial charge in [0, 0.05) is 10.9 Å². The second-order valence-corrected chi connectivity index (χ2v) is 7.05. The lowest BCUT2D eigenvalue weighted by atomic mass is 10.1. The van der Waals surface area contributed by atoms with Crippen LogP contribution in [-0.4, -0.2) is 25.2 Å². The van der Waals surface area contributed by atoms with Crippen LogP contribution in [-0.2, 0) is 14.8 Å². The Labute approximate surface area is 121 Å². The summed E-state index contributed by atoms with van der Waals surface area (Å²) in [4.78, 5) is 10.4. The molecule has 0 unspecified atom stereocenters. The SMILES string of the molecule is Cc1cc(C)c(NS(=O)(=O)CCCC(=O)O)c(Br)c1. The van der Waals surface area contributed by atoms with Gasteiger partial charge in [0.15, 0.2) is 0 Å². The van der Waals surface area contributed by atoms with E-state index < -0.39 is 16.0 Å². The van der Waals surface area contributed by atoms with Gasteiger partial charge in [-0.2, -0.15) is 0 Å². The molecule has 19 heavy (non-hydrogen) atoms. The average molecular weight is 350 g/mol. The molecule has 0 aliphatic rings. The van der Waals surface area contributed by atoms with E-state index in [4.69, 9.17) is 5.11 Å². The van der Waals surface area contributed by atoms with Crippen LogP contribution in [0.4, 0.5) is 5.69 Å². The maximum absolute atomic E-state index is 11.8. The number of nitrogens with one attached hydrogen (secondary N) is 1. The summed E-state index contributed by atoms with van der Waals surface area (Å²) >= 11 is 3.32. The van der Waals surface area contributed by atoms with E-state index in [1.807, 2.05) is 26.0 Å². The molecule has 0 bridgehead atoms. The minimum absolute atomic E-state index is 0.0905. The zero-order valence-corrected chi connectivity index (χ0v) is 13.1. The molecule has 0 radical (unpaired) electrons. The number of hydrogen-bond donors (Lipinski definition) is 2. The summed E-state index contributed by atoms with van der Waals surface area (Å²) in [5.41, 5.74) is 2.34. The molecule has 0 spiro atoms. The standard InChI is InChI=1S/C12H16BrNO4S/c1-8-6-9(2)12(10(13)7-8)14-19(17,18)5-3-4-11(15)16/h6-7,14H,3-5H2,1-2H3,(H,15,16). The van der Waals surface area contributed by atoms with Gasteiger partial charge in [-0.25, -0.2) is 8.42 Å². The molecule has 7 heteroatoms. The molecular weight excluding hydrogens is 334 g/mol. The Morgan fingerprint density at radius 1 is 1.37 bits per heavy atom. The van der Waals surface area contributed by atoms with Gasteiger partial charge < -0.3 is 5.11 Å². The number of halogens is 1. The summed E-state index contributed by atoms with van der Waals surface area (Å²) in [6, 6.07) is 3.70. The van der Waals surface area contributed by atoms with Gasteiger partial charge >= 0.3 is 5.97 Å². The minimum atomic E-state index is -3.53. The molecule has 1 rings (SSSR count). The highest BCUT2D eigenvalue weighted by Gasteiger charge is 2.15. The van der Waals surface area contributed by atoms with Crippen molar-refractivity contribution in [2.24, 2.45) is 0 Å². The van der Waals surface area contributed by atoms with Gasteiger partial charge in [0.25, 0.3) is 0 Å². The maximum atomic E-state index is 11.8. The number of aliphatic carboxylic acids is 1. The molecule has 106 valence electrons. The number of aryl methyl sites for hydroxylation is 2. The van der Waals surface area contributed by atoms with Gasteiger partial charge in [0.2, 0.25) is 10.0 Å². The number of sulfonamides is 1. The Morgan fingerprint density at radius 3 is 2.53 bits per heavy atom. The van der Waals surface area contributed by atoms with Crippen molar-refractivity contribution in [2.75, 3.05) is 10.5 Å². The zero-order chi connectivity index (χ0) is 14.6. The number of carbonyl (C=O) groups is 1. The van der Waals surface area contributed by atoms with Crippen molar-refractivity contribution in [1.82, 2.24) is 0 Å². The van der Waals surface area contributed by atoms with Gasteiger partial charge in [-0.05, 0) is 53.4 Å². The van der Waals surface area contributed by atoms with E-state index >= 15 is 0 Å². The van der Waals surface area contributed by atoms with Crippen molar-refractivity contribution < 1.29 is 18.3 Å². The van der Waals surface area contributed by atoms with E-state index in [9.17, 15) is 13.2 Å². The van der Waals surface area contributed by atoms with Crippen molar-refractivity contribution in [3.63, 3.8) is 0 Å². The first-order chi connectivity index (χ1) is 8.71. The second-order valence-electron chi connectivity index (χ2n) is 4.36. The highest BCUT2D eigenvalue weighted by molar-refractivity contribution is 9.10. The van der Waals surface area contributed by atoms with E-state index in [2.05, 4.69) is 20.7 Å². The molecule has 0 fully saturated rings. The van der Waals surface area contributed by atoms with Crippen LogP contribution in [0.15, 0.2) is 16.6 Å². The number of carboxylic acids is 1. The number of anilines is 1. The molecule has 0 saturated carbocycles. The number of benzene rings is 1. The molecule has 0 aromatic heterocycles. The van der Waals surface area contributed by atoms with Crippen molar-refractivity contribution in [3.05, 3.63) is 27.7 Å². The monoisotopic (exact) mass is 349 g/mol. The van der Waals surface area contributed by atoms with E-state index in [0.29, 0.717) is 10.2 Å². The van der Waals surface area contributed by atoms with E-state index in [1.54, 1.807) is 0 Å². The van der Waals surface area contributed by atoms with Crippen molar-refractivity contribution >= 4 is 37.6 Å². The number of carboxylic acid groups (broad SMARTS) is 1. The molecule has 0 saturated heterocycles. The first kappa shape index (κ1) is 16.0. The fourth-order valence-corrected chi connectivity index (χ4v) is 3.78. The molecular formula is C12H16BrNO4S. The van der Waals surface area contributed by atoms with Crippen LogP contribution >= 0.6 is 15.9 Å². The largest absolute Gasteiger partial charge is 0.481 e. The Kier molecular flexibility index (Phi) is 5.37. The summed E-state index contributed by atoms with van der Waals surface area (Å²) in [6.07, 6.45) is -0.0673. The predicted octanol–water partition coefficient (Wildman–Crippen LogP) is 2.67.